The summed E-state index contributed by atoms with van der Waals surface area (Å²) in [5.74, 6) is -0.0264. The number of benzene rings is 1. The minimum absolute atomic E-state index is 0.0264. The number of amides is 1. The number of carbonyl (C=O) groups is 1. The zero-order chi connectivity index (χ0) is 13.8. The zero-order valence-electron chi connectivity index (χ0n) is 11.1. The van der Waals surface area contributed by atoms with Crippen LogP contribution >= 0.6 is 0 Å². The topological polar surface area (TPSA) is 80.0 Å². The summed E-state index contributed by atoms with van der Waals surface area (Å²) in [6.45, 7) is 4.35. The van der Waals surface area contributed by atoms with E-state index in [4.69, 9.17) is 5.73 Å². The quantitative estimate of drug-likeness (QED) is 0.730. The molecular weight excluding hydrogens is 240 g/mol. The third-order valence-corrected chi connectivity index (χ3v) is 2.97. The molecule has 1 unspecified atom stereocenters. The van der Waals surface area contributed by atoms with Crippen molar-refractivity contribution in [2.45, 2.75) is 19.9 Å². The fraction of sp³-hybridized carbons (Fsp3) is 0.286. The van der Waals surface area contributed by atoms with Gasteiger partial charge in [-0.25, -0.2) is 0 Å². The number of aromatic nitrogens is 1. The van der Waals surface area contributed by atoms with E-state index in [9.17, 15) is 4.79 Å². The molecule has 1 aromatic heterocycles. The van der Waals surface area contributed by atoms with E-state index in [1.165, 1.54) is 0 Å². The molecular formula is C14H18N4O. The number of rotatable bonds is 4. The summed E-state index contributed by atoms with van der Waals surface area (Å²) < 4.78 is 0. The van der Waals surface area contributed by atoms with E-state index in [2.05, 4.69) is 15.6 Å². The summed E-state index contributed by atoms with van der Waals surface area (Å²) >= 11 is 0. The van der Waals surface area contributed by atoms with E-state index in [-0.39, 0.29) is 11.9 Å². The molecule has 19 heavy (non-hydrogen) atoms. The highest BCUT2D eigenvalue weighted by atomic mass is 16.2. The first-order valence-corrected chi connectivity index (χ1v) is 6.30. The fourth-order valence-corrected chi connectivity index (χ4v) is 1.96. The molecule has 1 amide bonds. The maximum absolute atomic E-state index is 11.7. The Hall–Kier alpha value is -2.30. The van der Waals surface area contributed by atoms with E-state index >= 15 is 0 Å². The molecule has 5 heteroatoms. The summed E-state index contributed by atoms with van der Waals surface area (Å²) in [5, 5.41) is 7.84. The Morgan fingerprint density at radius 3 is 2.89 bits per heavy atom. The molecule has 0 radical (unpaired) electrons. The molecule has 1 aromatic carbocycles. The number of fused-ring (bicyclic) bond motifs is 1. The minimum Gasteiger partial charge on any atom is -0.398 e. The Labute approximate surface area is 112 Å². The van der Waals surface area contributed by atoms with Crippen molar-refractivity contribution in [3.05, 3.63) is 30.6 Å². The van der Waals surface area contributed by atoms with E-state index in [1.54, 1.807) is 12.4 Å². The van der Waals surface area contributed by atoms with Gasteiger partial charge >= 0.3 is 0 Å². The highest BCUT2D eigenvalue weighted by molar-refractivity contribution is 6.01. The van der Waals surface area contributed by atoms with Gasteiger partial charge in [0.05, 0.1) is 0 Å². The van der Waals surface area contributed by atoms with Crippen molar-refractivity contribution in [1.82, 2.24) is 10.3 Å². The average Bonchev–Trinajstić information content (AvgIpc) is 2.42. The van der Waals surface area contributed by atoms with Crippen LogP contribution in [0.5, 0.6) is 0 Å². The number of nitrogens with one attached hydrogen (secondary N) is 2. The lowest BCUT2D eigenvalue weighted by atomic mass is 10.1. The van der Waals surface area contributed by atoms with Crippen molar-refractivity contribution >= 4 is 28.1 Å². The molecule has 0 spiro atoms. The largest absolute Gasteiger partial charge is 0.398 e. The number of nitrogen functional groups attached to an aromatic ring is 1. The van der Waals surface area contributed by atoms with Crippen LogP contribution in [0.4, 0.5) is 11.4 Å². The van der Waals surface area contributed by atoms with Gasteiger partial charge in [0.2, 0.25) is 5.91 Å². The number of hydrogen-bond donors (Lipinski definition) is 3. The van der Waals surface area contributed by atoms with E-state index in [1.807, 2.05) is 32.0 Å². The second kappa shape index (κ2) is 5.56. The van der Waals surface area contributed by atoms with Crippen molar-refractivity contribution < 1.29 is 4.79 Å². The monoisotopic (exact) mass is 258 g/mol. The van der Waals surface area contributed by atoms with Crippen LogP contribution in [0.2, 0.25) is 0 Å². The van der Waals surface area contributed by atoms with Gasteiger partial charge in [-0.3, -0.25) is 9.78 Å². The van der Waals surface area contributed by atoms with Gasteiger partial charge in [0.15, 0.2) is 0 Å². The van der Waals surface area contributed by atoms with E-state index in [0.29, 0.717) is 12.2 Å². The van der Waals surface area contributed by atoms with Crippen molar-refractivity contribution in [3.63, 3.8) is 0 Å². The normalized spacial score (nSPS) is 12.1. The van der Waals surface area contributed by atoms with Crippen molar-refractivity contribution in [3.8, 4) is 0 Å². The summed E-state index contributed by atoms with van der Waals surface area (Å²) in [6.07, 6.45) is 3.44. The molecule has 0 bridgehead atoms. The molecule has 2 rings (SSSR count). The number of carbonyl (C=O) groups excluding carboxylic acids is 1. The van der Waals surface area contributed by atoms with E-state index in [0.717, 1.165) is 16.5 Å². The van der Waals surface area contributed by atoms with Gasteiger partial charge in [-0.1, -0.05) is 0 Å². The van der Waals surface area contributed by atoms with Gasteiger partial charge in [0.1, 0.15) is 6.04 Å². The molecule has 0 saturated heterocycles. The maximum atomic E-state index is 11.7. The Kier molecular flexibility index (Phi) is 3.85. The molecule has 0 aliphatic heterocycles. The van der Waals surface area contributed by atoms with Crippen molar-refractivity contribution in [2.75, 3.05) is 17.6 Å². The Bertz CT molecular complexity index is 597. The van der Waals surface area contributed by atoms with Gasteiger partial charge in [-0.15, -0.1) is 0 Å². The smallest absolute Gasteiger partial charge is 0.242 e. The van der Waals surface area contributed by atoms with Gasteiger partial charge < -0.3 is 16.4 Å². The van der Waals surface area contributed by atoms with Crippen LogP contribution in [0.3, 0.4) is 0 Å². The summed E-state index contributed by atoms with van der Waals surface area (Å²) in [7, 11) is 0. The number of nitrogens with zero attached hydrogens (tertiary/aromatic N) is 1. The van der Waals surface area contributed by atoms with E-state index < -0.39 is 0 Å². The van der Waals surface area contributed by atoms with Crippen LogP contribution in [0, 0.1) is 0 Å². The number of likely N-dealkylation sites (N-methyl/N-ethyl adjacent to an activating group) is 1. The highest BCUT2D eigenvalue weighted by Gasteiger charge is 2.13. The van der Waals surface area contributed by atoms with Crippen LogP contribution in [-0.2, 0) is 4.79 Å². The van der Waals surface area contributed by atoms with Crippen molar-refractivity contribution in [2.24, 2.45) is 0 Å². The Morgan fingerprint density at radius 2 is 2.16 bits per heavy atom. The molecule has 0 fully saturated rings. The van der Waals surface area contributed by atoms with Crippen LogP contribution in [0.15, 0.2) is 30.6 Å². The van der Waals surface area contributed by atoms with Crippen LogP contribution in [0.25, 0.3) is 10.8 Å². The third kappa shape index (κ3) is 2.76. The van der Waals surface area contributed by atoms with Crippen LogP contribution in [-0.4, -0.2) is 23.5 Å². The van der Waals surface area contributed by atoms with Gasteiger partial charge in [0.25, 0.3) is 0 Å². The fourth-order valence-electron chi connectivity index (χ4n) is 1.96. The first kappa shape index (κ1) is 13.1. The summed E-state index contributed by atoms with van der Waals surface area (Å²) in [4.78, 5) is 15.8. The third-order valence-electron chi connectivity index (χ3n) is 2.97. The molecule has 5 nitrogen and oxygen atoms in total. The molecule has 0 saturated carbocycles. The van der Waals surface area contributed by atoms with Crippen LogP contribution < -0.4 is 16.4 Å². The summed E-state index contributed by atoms with van der Waals surface area (Å²) in [6, 6.07) is 5.28. The predicted octanol–water partition coefficient (Wildman–Crippen LogP) is 1.75. The second-order valence-electron chi connectivity index (χ2n) is 4.38. The van der Waals surface area contributed by atoms with Crippen molar-refractivity contribution in [1.29, 1.82) is 0 Å². The lowest BCUT2D eigenvalue weighted by Crippen LogP contribution is -2.37. The lowest BCUT2D eigenvalue weighted by molar-refractivity contribution is -0.121. The van der Waals surface area contributed by atoms with Gasteiger partial charge in [-0.2, -0.15) is 0 Å². The Balaban J connectivity index is 2.31. The van der Waals surface area contributed by atoms with Gasteiger partial charge in [0, 0.05) is 41.1 Å². The number of anilines is 2. The molecule has 1 atom stereocenters. The predicted molar refractivity (Wildman–Crippen MR) is 77.9 cm³/mol. The molecule has 0 aliphatic rings. The first-order chi connectivity index (χ1) is 9.13. The SMILES string of the molecule is CCNC(=O)C(C)Nc1ccc(N)c2cnccc12. The number of nitrogens with two attached hydrogens (primary N) is 1. The maximum Gasteiger partial charge on any atom is 0.242 e. The highest BCUT2D eigenvalue weighted by Crippen LogP contribution is 2.27. The second-order valence-corrected chi connectivity index (χ2v) is 4.38. The molecule has 100 valence electrons. The lowest BCUT2D eigenvalue weighted by Gasteiger charge is -2.16. The molecule has 1 heterocycles. The molecule has 4 N–H and O–H groups in total. The first-order valence-electron chi connectivity index (χ1n) is 6.30. The molecule has 2 aromatic rings. The van der Waals surface area contributed by atoms with Gasteiger partial charge in [-0.05, 0) is 32.0 Å². The minimum atomic E-state index is -0.306. The zero-order valence-corrected chi connectivity index (χ0v) is 11.1. The average molecular weight is 258 g/mol. The number of hydrogen-bond acceptors (Lipinski definition) is 4. The number of pyridine rings is 1. The Morgan fingerprint density at radius 1 is 1.37 bits per heavy atom. The summed E-state index contributed by atoms with van der Waals surface area (Å²) in [5.41, 5.74) is 7.48. The van der Waals surface area contributed by atoms with Crippen LogP contribution in [0.1, 0.15) is 13.8 Å². The standard InChI is InChI=1S/C14H18N4O/c1-3-17-14(19)9(2)18-13-5-4-12(15)11-8-16-7-6-10(11)13/h4-9,18H,3,15H2,1-2H3,(H,17,19). The molecule has 0 aliphatic carbocycles.